The third-order valence-electron chi connectivity index (χ3n) is 1.02. The van der Waals surface area contributed by atoms with E-state index in [1.54, 1.807) is 12.2 Å². The fourth-order valence-electron chi connectivity index (χ4n) is 0.597. The minimum atomic E-state index is 0.466. The van der Waals surface area contributed by atoms with Crippen LogP contribution < -0.4 is 0 Å². The monoisotopic (exact) mass is 187 g/mol. The number of carbonyl (C=O) groups excluding carboxylic acids is 1. The van der Waals surface area contributed by atoms with E-state index >= 15 is 0 Å². The number of hydrogen-bond donors (Lipinski definition) is 0. The molecule has 0 aliphatic heterocycles. The number of rotatable bonds is 3. The molecule has 2 nitrogen and oxygen atoms in total. The first-order valence-electron chi connectivity index (χ1n) is 3.00. The van der Waals surface area contributed by atoms with Crippen LogP contribution in [0.2, 0.25) is 0 Å². The molecule has 4 heteroatoms. The van der Waals surface area contributed by atoms with Gasteiger partial charge in [0.15, 0.2) is 11.3 Å². The molecule has 0 saturated carbocycles. The topological polar surface area (TPSA) is 30.0 Å². The molecule has 0 aliphatic carbocycles. The fraction of sp³-hybridized carbons (Fsp3) is 0.143. The number of carbonyl (C=O) groups is 1. The molecule has 0 N–H and O–H groups in total. The molecular weight excluding hydrogens is 182 g/mol. The van der Waals surface area contributed by atoms with Crippen LogP contribution in [0.1, 0.15) is 15.5 Å². The lowest BCUT2D eigenvalue weighted by Crippen LogP contribution is -1.76. The summed E-state index contributed by atoms with van der Waals surface area (Å²) in [6, 6.07) is 0. The van der Waals surface area contributed by atoms with E-state index in [1.807, 2.05) is 5.38 Å². The fourth-order valence-corrected chi connectivity index (χ4v) is 1.27. The Hall–Kier alpha value is -0.670. The van der Waals surface area contributed by atoms with Crippen molar-refractivity contribution < 1.29 is 4.79 Å². The van der Waals surface area contributed by atoms with Crippen molar-refractivity contribution in [2.45, 2.75) is 0 Å². The quantitative estimate of drug-likeness (QED) is 0.537. The average Bonchev–Trinajstić information content (AvgIpc) is 2.48. The van der Waals surface area contributed by atoms with E-state index in [1.165, 1.54) is 11.3 Å². The van der Waals surface area contributed by atoms with E-state index in [0.29, 0.717) is 10.9 Å². The number of aldehydes is 1. The Labute approximate surface area is 73.5 Å². The molecule has 0 saturated heterocycles. The van der Waals surface area contributed by atoms with Crippen molar-refractivity contribution in [2.24, 2.45) is 0 Å². The zero-order chi connectivity index (χ0) is 8.10. The summed E-state index contributed by atoms with van der Waals surface area (Å²) < 4.78 is 0. The number of hydrogen-bond acceptors (Lipinski definition) is 3. The normalized spacial score (nSPS) is 10.6. The van der Waals surface area contributed by atoms with E-state index in [4.69, 9.17) is 11.6 Å². The molecule has 0 radical (unpaired) electrons. The van der Waals surface area contributed by atoms with Crippen LogP contribution in [0.3, 0.4) is 0 Å². The summed E-state index contributed by atoms with van der Waals surface area (Å²) in [5, 5.41) is 2.31. The minimum absolute atomic E-state index is 0.466. The van der Waals surface area contributed by atoms with Crippen LogP contribution in [-0.4, -0.2) is 17.2 Å². The molecule has 58 valence electrons. The van der Waals surface area contributed by atoms with Crippen molar-refractivity contribution >= 4 is 35.3 Å². The summed E-state index contributed by atoms with van der Waals surface area (Å²) in [5.74, 6) is 0.466. The summed E-state index contributed by atoms with van der Waals surface area (Å²) in [5.41, 5.74) is 0.790. The van der Waals surface area contributed by atoms with Crippen LogP contribution in [0.4, 0.5) is 0 Å². The standard InChI is InChI=1S/C7H6ClNOS/c8-3-1-2-6-5-11-7(4-10)9-6/h1-2,4-5H,3H2. The van der Waals surface area contributed by atoms with Gasteiger partial charge in [-0.15, -0.1) is 22.9 Å². The minimum Gasteiger partial charge on any atom is -0.295 e. The Morgan fingerprint density at radius 2 is 2.55 bits per heavy atom. The van der Waals surface area contributed by atoms with Crippen molar-refractivity contribution in [1.82, 2.24) is 4.98 Å². The molecule has 0 amide bonds. The Morgan fingerprint density at radius 3 is 3.09 bits per heavy atom. The summed E-state index contributed by atoms with van der Waals surface area (Å²) in [6.07, 6.45) is 4.31. The van der Waals surface area contributed by atoms with Crippen molar-refractivity contribution in [3.63, 3.8) is 0 Å². The molecule has 1 heterocycles. The van der Waals surface area contributed by atoms with Crippen LogP contribution >= 0.6 is 22.9 Å². The first-order valence-corrected chi connectivity index (χ1v) is 4.41. The van der Waals surface area contributed by atoms with E-state index in [9.17, 15) is 4.79 Å². The zero-order valence-electron chi connectivity index (χ0n) is 5.66. The van der Waals surface area contributed by atoms with Gasteiger partial charge in [-0.05, 0) is 6.08 Å². The highest BCUT2D eigenvalue weighted by Crippen LogP contribution is 2.08. The molecule has 11 heavy (non-hydrogen) atoms. The van der Waals surface area contributed by atoms with Gasteiger partial charge >= 0.3 is 0 Å². The lowest BCUT2D eigenvalue weighted by Gasteiger charge is -1.78. The second kappa shape index (κ2) is 4.26. The predicted molar refractivity (Wildman–Crippen MR) is 47.3 cm³/mol. The maximum absolute atomic E-state index is 10.2. The van der Waals surface area contributed by atoms with Gasteiger partial charge in [-0.2, -0.15) is 0 Å². The van der Waals surface area contributed by atoms with Crippen molar-refractivity contribution in [3.8, 4) is 0 Å². The molecule has 1 rings (SSSR count). The number of thiazole rings is 1. The SMILES string of the molecule is O=Cc1nc(C=CCCl)cs1. The van der Waals surface area contributed by atoms with Gasteiger partial charge in [0.1, 0.15) is 0 Å². The van der Waals surface area contributed by atoms with E-state index in [-0.39, 0.29) is 0 Å². The molecule has 0 aliphatic rings. The van der Waals surface area contributed by atoms with Gasteiger partial charge < -0.3 is 0 Å². The summed E-state index contributed by atoms with van der Waals surface area (Å²) >= 11 is 6.74. The smallest absolute Gasteiger partial charge is 0.178 e. The maximum atomic E-state index is 10.2. The zero-order valence-corrected chi connectivity index (χ0v) is 7.23. The second-order valence-electron chi connectivity index (χ2n) is 1.79. The van der Waals surface area contributed by atoms with Crippen molar-refractivity contribution in [3.05, 3.63) is 22.2 Å². The number of allylic oxidation sites excluding steroid dienone is 1. The van der Waals surface area contributed by atoms with Crippen LogP contribution in [0, 0.1) is 0 Å². The number of nitrogens with zero attached hydrogens (tertiary/aromatic N) is 1. The largest absolute Gasteiger partial charge is 0.295 e. The van der Waals surface area contributed by atoms with E-state index in [0.717, 1.165) is 12.0 Å². The highest BCUT2D eigenvalue weighted by molar-refractivity contribution is 7.11. The van der Waals surface area contributed by atoms with Crippen molar-refractivity contribution in [2.75, 3.05) is 5.88 Å². The first kappa shape index (κ1) is 8.43. The Kier molecular flexibility index (Phi) is 3.26. The molecule has 0 aromatic carbocycles. The molecule has 0 bridgehead atoms. The Balaban J connectivity index is 2.72. The van der Waals surface area contributed by atoms with Crippen LogP contribution in [0.5, 0.6) is 0 Å². The van der Waals surface area contributed by atoms with Gasteiger partial charge in [0.2, 0.25) is 0 Å². The van der Waals surface area contributed by atoms with E-state index < -0.39 is 0 Å². The molecule has 0 spiro atoms. The van der Waals surface area contributed by atoms with Gasteiger partial charge in [0, 0.05) is 11.3 Å². The van der Waals surface area contributed by atoms with Gasteiger partial charge in [0.05, 0.1) is 5.69 Å². The van der Waals surface area contributed by atoms with Crippen LogP contribution in [0.15, 0.2) is 11.5 Å². The number of alkyl halides is 1. The number of halogens is 1. The predicted octanol–water partition coefficient (Wildman–Crippen LogP) is 2.21. The van der Waals surface area contributed by atoms with Gasteiger partial charge in [-0.1, -0.05) is 6.08 Å². The molecule has 0 atom stereocenters. The second-order valence-corrected chi connectivity index (χ2v) is 2.98. The lowest BCUT2D eigenvalue weighted by atomic mass is 10.4. The Bertz CT molecular complexity index is 269. The summed E-state index contributed by atoms with van der Waals surface area (Å²) in [4.78, 5) is 14.2. The van der Waals surface area contributed by atoms with Crippen LogP contribution in [-0.2, 0) is 0 Å². The number of aromatic nitrogens is 1. The lowest BCUT2D eigenvalue weighted by molar-refractivity contribution is 0.112. The molecule has 1 aromatic rings. The van der Waals surface area contributed by atoms with Crippen LogP contribution in [0.25, 0.3) is 6.08 Å². The first-order chi connectivity index (χ1) is 5.36. The summed E-state index contributed by atoms with van der Waals surface area (Å²) in [6.45, 7) is 0. The molecule has 1 aromatic heterocycles. The third kappa shape index (κ3) is 2.44. The Morgan fingerprint density at radius 1 is 1.73 bits per heavy atom. The summed E-state index contributed by atoms with van der Waals surface area (Å²) in [7, 11) is 0. The molecular formula is C7H6ClNOS. The average molecular weight is 188 g/mol. The third-order valence-corrected chi connectivity index (χ3v) is 1.98. The maximum Gasteiger partial charge on any atom is 0.178 e. The highest BCUT2D eigenvalue weighted by atomic mass is 35.5. The molecule has 0 unspecified atom stereocenters. The van der Waals surface area contributed by atoms with Gasteiger partial charge in [-0.3, -0.25) is 4.79 Å². The van der Waals surface area contributed by atoms with Gasteiger partial charge in [0.25, 0.3) is 0 Å². The van der Waals surface area contributed by atoms with Gasteiger partial charge in [-0.25, -0.2) is 4.98 Å². The molecule has 0 fully saturated rings. The highest BCUT2D eigenvalue weighted by Gasteiger charge is 1.94. The van der Waals surface area contributed by atoms with Crippen molar-refractivity contribution in [1.29, 1.82) is 0 Å². The van der Waals surface area contributed by atoms with E-state index in [2.05, 4.69) is 4.98 Å².